The Morgan fingerprint density at radius 2 is 2.13 bits per heavy atom. The van der Waals surface area contributed by atoms with Crippen LogP contribution in [0.2, 0.25) is 0 Å². The van der Waals surface area contributed by atoms with Crippen LogP contribution in [-0.4, -0.2) is 19.2 Å². The van der Waals surface area contributed by atoms with Crippen LogP contribution in [0.5, 0.6) is 0 Å². The molecule has 0 fully saturated rings. The van der Waals surface area contributed by atoms with E-state index in [1.807, 2.05) is 0 Å². The Morgan fingerprint density at radius 1 is 1.47 bits per heavy atom. The highest BCUT2D eigenvalue weighted by Crippen LogP contribution is 2.02. The van der Waals surface area contributed by atoms with Crippen LogP contribution in [0.1, 0.15) is 15.9 Å². The number of nitrogens with zero attached hydrogens (tertiary/aromatic N) is 1. The fourth-order valence-corrected chi connectivity index (χ4v) is 1.01. The van der Waals surface area contributed by atoms with Crippen LogP contribution in [0, 0.1) is 0 Å². The topological polar surface area (TPSA) is 50.7 Å². The summed E-state index contributed by atoms with van der Waals surface area (Å²) in [7, 11) is 1.47. The summed E-state index contributed by atoms with van der Waals surface area (Å²) in [5, 5.41) is 6.10. The molecule has 0 aromatic heterocycles. The monoisotopic (exact) mass is 204 g/mol. The number of hydrogen-bond acceptors (Lipinski definition) is 3. The Morgan fingerprint density at radius 3 is 2.67 bits per heavy atom. The second-order valence-corrected chi connectivity index (χ2v) is 2.72. The average Bonchev–Trinajstić information content (AvgIpc) is 2.27. The van der Waals surface area contributed by atoms with Gasteiger partial charge in [-0.15, -0.1) is 0 Å². The average molecular weight is 204 g/mol. The molecule has 0 aliphatic heterocycles. The second kappa shape index (κ2) is 5.59. The van der Waals surface area contributed by atoms with Gasteiger partial charge in [-0.1, -0.05) is 23.9 Å². The van der Waals surface area contributed by atoms with Crippen molar-refractivity contribution in [2.45, 2.75) is 0 Å². The summed E-state index contributed by atoms with van der Waals surface area (Å²) in [5.74, 6) is -0.180. The Hall–Kier alpha value is -2.10. The molecule has 0 atom stereocenters. The van der Waals surface area contributed by atoms with Crippen molar-refractivity contribution in [1.82, 2.24) is 5.32 Å². The number of hydrogen-bond donors (Lipinski definition) is 1. The van der Waals surface area contributed by atoms with Gasteiger partial charge in [0.15, 0.2) is 0 Å². The Balaban J connectivity index is 2.75. The zero-order valence-corrected chi connectivity index (χ0v) is 8.43. The molecule has 0 heterocycles. The molecule has 0 bridgehead atoms. The molecule has 1 rings (SSSR count). The zero-order valence-electron chi connectivity index (χ0n) is 8.43. The van der Waals surface area contributed by atoms with Gasteiger partial charge >= 0.3 is 0 Å². The highest BCUT2D eigenvalue weighted by molar-refractivity contribution is 5.95. The highest BCUT2D eigenvalue weighted by Gasteiger charge is 2.01. The standard InChI is InChI=1S/C11H12N2O2/c1-3-12-11(14)10-6-4-9(5-7-10)8-13-15-2/h3-8H,1H2,2H3,(H,12,14). The number of nitrogens with one attached hydrogen (secondary N) is 1. The highest BCUT2D eigenvalue weighted by atomic mass is 16.6. The largest absolute Gasteiger partial charge is 0.399 e. The minimum absolute atomic E-state index is 0.180. The van der Waals surface area contributed by atoms with E-state index >= 15 is 0 Å². The summed E-state index contributed by atoms with van der Waals surface area (Å²) in [6.07, 6.45) is 2.91. The van der Waals surface area contributed by atoms with Gasteiger partial charge in [-0.25, -0.2) is 0 Å². The maximum Gasteiger partial charge on any atom is 0.255 e. The second-order valence-electron chi connectivity index (χ2n) is 2.72. The van der Waals surface area contributed by atoms with Crippen LogP contribution in [-0.2, 0) is 4.84 Å². The van der Waals surface area contributed by atoms with E-state index in [1.165, 1.54) is 13.3 Å². The van der Waals surface area contributed by atoms with E-state index in [1.54, 1.807) is 30.5 Å². The molecular formula is C11H12N2O2. The Kier molecular flexibility index (Phi) is 4.09. The molecule has 0 saturated carbocycles. The first-order chi connectivity index (χ1) is 7.27. The van der Waals surface area contributed by atoms with E-state index in [9.17, 15) is 4.79 Å². The van der Waals surface area contributed by atoms with Crippen molar-refractivity contribution in [3.8, 4) is 0 Å². The Labute approximate surface area is 88.2 Å². The van der Waals surface area contributed by atoms with Crippen molar-refractivity contribution in [3.63, 3.8) is 0 Å². The van der Waals surface area contributed by atoms with Crippen molar-refractivity contribution in [1.29, 1.82) is 0 Å². The molecule has 0 unspecified atom stereocenters. The molecule has 78 valence electrons. The van der Waals surface area contributed by atoms with E-state index in [4.69, 9.17) is 0 Å². The molecule has 0 spiro atoms. The van der Waals surface area contributed by atoms with Gasteiger partial charge in [0.1, 0.15) is 7.11 Å². The predicted octanol–water partition coefficient (Wildman–Crippen LogP) is 1.54. The number of amides is 1. The molecule has 0 saturated heterocycles. The maximum absolute atomic E-state index is 11.3. The van der Waals surface area contributed by atoms with Crippen molar-refractivity contribution < 1.29 is 9.63 Å². The third-order valence-corrected chi connectivity index (χ3v) is 1.71. The van der Waals surface area contributed by atoms with Gasteiger partial charge < -0.3 is 10.2 Å². The third kappa shape index (κ3) is 3.27. The number of carbonyl (C=O) groups excluding carboxylic acids is 1. The lowest BCUT2D eigenvalue weighted by Gasteiger charge is -1.99. The number of benzene rings is 1. The normalized spacial score (nSPS) is 9.93. The van der Waals surface area contributed by atoms with E-state index in [-0.39, 0.29) is 5.91 Å². The predicted molar refractivity (Wildman–Crippen MR) is 58.7 cm³/mol. The van der Waals surface area contributed by atoms with Crippen LogP contribution < -0.4 is 5.32 Å². The summed E-state index contributed by atoms with van der Waals surface area (Å²) in [5.41, 5.74) is 1.44. The van der Waals surface area contributed by atoms with E-state index < -0.39 is 0 Å². The molecule has 15 heavy (non-hydrogen) atoms. The van der Waals surface area contributed by atoms with E-state index in [2.05, 4.69) is 21.9 Å². The third-order valence-electron chi connectivity index (χ3n) is 1.71. The quantitative estimate of drug-likeness (QED) is 0.597. The van der Waals surface area contributed by atoms with Crippen molar-refractivity contribution in [2.24, 2.45) is 5.16 Å². The molecule has 0 radical (unpaired) electrons. The lowest BCUT2D eigenvalue weighted by molar-refractivity contribution is 0.0970. The van der Waals surface area contributed by atoms with Gasteiger partial charge in [-0.05, 0) is 23.9 Å². The summed E-state index contributed by atoms with van der Waals surface area (Å²) >= 11 is 0. The molecule has 1 aromatic carbocycles. The van der Waals surface area contributed by atoms with E-state index in [0.29, 0.717) is 5.56 Å². The van der Waals surface area contributed by atoms with Gasteiger partial charge in [0.2, 0.25) is 0 Å². The SMILES string of the molecule is C=CNC(=O)c1ccc(C=NOC)cc1. The van der Waals surface area contributed by atoms with Crippen LogP contribution >= 0.6 is 0 Å². The number of oxime groups is 1. The first kappa shape index (κ1) is 11.0. The van der Waals surface area contributed by atoms with Crippen molar-refractivity contribution in [3.05, 3.63) is 48.2 Å². The first-order valence-corrected chi connectivity index (χ1v) is 4.36. The molecular weight excluding hydrogens is 192 g/mol. The Bertz CT molecular complexity index is 369. The van der Waals surface area contributed by atoms with Crippen molar-refractivity contribution in [2.75, 3.05) is 7.11 Å². The summed E-state index contributed by atoms with van der Waals surface area (Å²) in [4.78, 5) is 15.9. The number of carbonyl (C=O) groups is 1. The van der Waals surface area contributed by atoms with Crippen LogP contribution in [0.3, 0.4) is 0 Å². The fourth-order valence-electron chi connectivity index (χ4n) is 1.01. The van der Waals surface area contributed by atoms with Crippen LogP contribution in [0.25, 0.3) is 0 Å². The zero-order chi connectivity index (χ0) is 11.1. The summed E-state index contributed by atoms with van der Waals surface area (Å²) in [6, 6.07) is 6.97. The van der Waals surface area contributed by atoms with Gasteiger partial charge in [0, 0.05) is 5.56 Å². The molecule has 1 N–H and O–H groups in total. The molecule has 0 aliphatic rings. The first-order valence-electron chi connectivity index (χ1n) is 4.36. The summed E-state index contributed by atoms with van der Waals surface area (Å²) in [6.45, 7) is 3.41. The lowest BCUT2D eigenvalue weighted by atomic mass is 10.1. The number of rotatable bonds is 4. The minimum Gasteiger partial charge on any atom is -0.399 e. The molecule has 4 nitrogen and oxygen atoms in total. The van der Waals surface area contributed by atoms with Crippen LogP contribution in [0.4, 0.5) is 0 Å². The molecule has 4 heteroatoms. The molecule has 1 amide bonds. The van der Waals surface area contributed by atoms with Crippen LogP contribution in [0.15, 0.2) is 42.2 Å². The maximum atomic E-state index is 11.3. The van der Waals surface area contributed by atoms with Gasteiger partial charge in [-0.2, -0.15) is 0 Å². The van der Waals surface area contributed by atoms with E-state index in [0.717, 1.165) is 5.56 Å². The minimum atomic E-state index is -0.180. The van der Waals surface area contributed by atoms with Gasteiger partial charge in [0.25, 0.3) is 5.91 Å². The van der Waals surface area contributed by atoms with Crippen molar-refractivity contribution >= 4 is 12.1 Å². The summed E-state index contributed by atoms with van der Waals surface area (Å²) < 4.78 is 0. The smallest absolute Gasteiger partial charge is 0.255 e. The molecule has 0 aliphatic carbocycles. The van der Waals surface area contributed by atoms with Gasteiger partial charge in [-0.3, -0.25) is 4.79 Å². The fraction of sp³-hybridized carbons (Fsp3) is 0.0909. The molecule has 1 aromatic rings. The van der Waals surface area contributed by atoms with Gasteiger partial charge in [0.05, 0.1) is 6.21 Å². The lowest BCUT2D eigenvalue weighted by Crippen LogP contribution is -2.16.